The van der Waals surface area contributed by atoms with Crippen molar-refractivity contribution in [3.63, 3.8) is 0 Å². The van der Waals surface area contributed by atoms with Gasteiger partial charge in [-0.1, -0.05) is 74.6 Å². The first-order chi connectivity index (χ1) is 17.0. The van der Waals surface area contributed by atoms with Crippen LogP contribution in [0.1, 0.15) is 65.4 Å². The van der Waals surface area contributed by atoms with Crippen molar-refractivity contribution in [2.24, 2.45) is 17.8 Å². The number of allylic oxidation sites excluding steroid dienone is 3. The minimum absolute atomic E-state index is 0.171. The number of esters is 1. The van der Waals surface area contributed by atoms with Gasteiger partial charge in [-0.25, -0.2) is 0 Å². The number of aliphatic hydroxyl groups excluding tert-OH is 1. The van der Waals surface area contributed by atoms with E-state index in [1.807, 2.05) is 50.3 Å². The van der Waals surface area contributed by atoms with Crippen molar-refractivity contribution in [2.45, 2.75) is 84.0 Å². The van der Waals surface area contributed by atoms with Gasteiger partial charge in [0.15, 0.2) is 0 Å². The number of aliphatic hydroxyl groups is 2. The molecule has 3 N–H and O–H groups in total. The fourth-order valence-corrected chi connectivity index (χ4v) is 4.46. The molecule has 0 saturated heterocycles. The van der Waals surface area contributed by atoms with Gasteiger partial charge in [-0.3, -0.25) is 9.59 Å². The number of hydrogen-bond donors (Lipinski definition) is 3. The first-order valence-electron chi connectivity index (χ1n) is 12.9. The van der Waals surface area contributed by atoms with E-state index in [2.05, 4.69) is 25.1 Å². The van der Waals surface area contributed by atoms with E-state index in [1.54, 1.807) is 13.0 Å². The Balaban J connectivity index is 2.17. The number of rotatable bonds is 8. The number of carboxylic acid groups (broad SMARTS) is 1. The molecule has 36 heavy (non-hydrogen) atoms. The molecule has 0 bridgehead atoms. The highest BCUT2D eigenvalue weighted by Gasteiger charge is 2.34. The normalized spacial score (nSPS) is 30.2. The smallest absolute Gasteiger partial charge is 0.309 e. The molecule has 6 nitrogen and oxygen atoms in total. The second kappa shape index (κ2) is 14.1. The molecule has 1 aliphatic heterocycles. The minimum Gasteiger partial charge on any atom is -0.481 e. The van der Waals surface area contributed by atoms with Crippen LogP contribution in [0.5, 0.6) is 0 Å². The molecule has 1 heterocycles. The van der Waals surface area contributed by atoms with Crippen LogP contribution >= 0.6 is 0 Å². The number of carbonyl (C=O) groups is 2. The largest absolute Gasteiger partial charge is 0.481 e. The predicted octanol–water partition coefficient (Wildman–Crippen LogP) is 5.25. The maximum Gasteiger partial charge on any atom is 0.309 e. The van der Waals surface area contributed by atoms with Crippen molar-refractivity contribution < 1.29 is 29.6 Å². The molecular formula is C30H42O6. The molecule has 1 aliphatic rings. The van der Waals surface area contributed by atoms with Crippen LogP contribution in [0.2, 0.25) is 0 Å². The van der Waals surface area contributed by atoms with Crippen LogP contribution in [0, 0.1) is 17.8 Å². The molecule has 6 heteroatoms. The second-order valence-corrected chi connectivity index (χ2v) is 10.4. The molecule has 0 saturated carbocycles. The number of carbonyl (C=O) groups excluding carboxylic acids is 1. The van der Waals surface area contributed by atoms with Gasteiger partial charge in [0.1, 0.15) is 6.10 Å². The number of carboxylic acids is 1. The number of aryl methyl sites for hydroxylation is 1. The Morgan fingerprint density at radius 2 is 1.94 bits per heavy atom. The molecule has 0 amide bonds. The fourth-order valence-electron chi connectivity index (χ4n) is 4.46. The van der Waals surface area contributed by atoms with Crippen LogP contribution in [-0.2, 0) is 20.7 Å². The summed E-state index contributed by atoms with van der Waals surface area (Å²) in [4.78, 5) is 24.0. The molecule has 2 rings (SSSR count). The topological polar surface area (TPSA) is 104 Å². The monoisotopic (exact) mass is 498 g/mol. The summed E-state index contributed by atoms with van der Waals surface area (Å²) in [5, 5.41) is 30.6. The first kappa shape index (κ1) is 29.5. The van der Waals surface area contributed by atoms with Crippen molar-refractivity contribution >= 4 is 11.9 Å². The Bertz CT molecular complexity index is 930. The van der Waals surface area contributed by atoms with E-state index in [1.165, 1.54) is 5.56 Å². The van der Waals surface area contributed by atoms with Gasteiger partial charge in [-0.2, -0.15) is 0 Å². The van der Waals surface area contributed by atoms with Gasteiger partial charge >= 0.3 is 11.9 Å². The van der Waals surface area contributed by atoms with Crippen LogP contribution in [0.3, 0.4) is 0 Å². The summed E-state index contributed by atoms with van der Waals surface area (Å²) < 4.78 is 5.77. The van der Waals surface area contributed by atoms with E-state index >= 15 is 0 Å². The van der Waals surface area contributed by atoms with Crippen LogP contribution in [-0.4, -0.2) is 45.1 Å². The predicted molar refractivity (Wildman–Crippen MR) is 141 cm³/mol. The lowest BCUT2D eigenvalue weighted by Crippen LogP contribution is -2.37. The molecule has 6 atom stereocenters. The van der Waals surface area contributed by atoms with E-state index in [0.717, 1.165) is 18.4 Å². The molecule has 0 fully saturated rings. The van der Waals surface area contributed by atoms with Crippen LogP contribution < -0.4 is 0 Å². The van der Waals surface area contributed by atoms with Crippen molar-refractivity contribution in [3.8, 4) is 0 Å². The van der Waals surface area contributed by atoms with Crippen molar-refractivity contribution in [1.82, 2.24) is 0 Å². The number of aliphatic carboxylic acids is 1. The van der Waals surface area contributed by atoms with E-state index in [9.17, 15) is 24.9 Å². The third-order valence-electron chi connectivity index (χ3n) is 6.94. The van der Waals surface area contributed by atoms with E-state index < -0.39 is 35.7 Å². The number of benzene rings is 1. The average molecular weight is 499 g/mol. The Morgan fingerprint density at radius 3 is 2.61 bits per heavy atom. The summed E-state index contributed by atoms with van der Waals surface area (Å²) in [7, 11) is 0. The fraction of sp³-hybridized carbons (Fsp3) is 0.533. The standard InChI is InChI=1S/C30H42O6/c1-21(13-15-24-11-6-5-7-12-24)9-8-10-22(2)29-23(3)14-16-25(19-27(32)33)30(4,35)18-17-26(31)20-28(34)36-29/h5-12,14,16,21,23,25-26,29,31,35H,13,15,17-20H2,1-4H3,(H,32,33)/b9-8+,16-14+,22-10+/t21?,23-,25+,26+,29+,30+/m0/s1. The van der Waals surface area contributed by atoms with E-state index in [-0.39, 0.29) is 31.6 Å². The maximum absolute atomic E-state index is 12.6. The zero-order valence-corrected chi connectivity index (χ0v) is 22.0. The van der Waals surface area contributed by atoms with E-state index in [4.69, 9.17) is 4.74 Å². The van der Waals surface area contributed by atoms with Crippen LogP contribution in [0.15, 0.2) is 66.3 Å². The van der Waals surface area contributed by atoms with E-state index in [0.29, 0.717) is 5.92 Å². The average Bonchev–Trinajstić information content (AvgIpc) is 2.82. The lowest BCUT2D eigenvalue weighted by molar-refractivity contribution is -0.151. The van der Waals surface area contributed by atoms with Gasteiger partial charge < -0.3 is 20.1 Å². The summed E-state index contributed by atoms with van der Waals surface area (Å²) in [6, 6.07) is 10.4. The highest BCUT2D eigenvalue weighted by Crippen LogP contribution is 2.30. The molecule has 0 aliphatic carbocycles. The summed E-state index contributed by atoms with van der Waals surface area (Å²) in [6.45, 7) is 7.54. The number of ether oxygens (including phenoxy) is 1. The zero-order valence-electron chi connectivity index (χ0n) is 22.0. The third kappa shape index (κ3) is 10.1. The first-order valence-corrected chi connectivity index (χ1v) is 12.9. The van der Waals surface area contributed by atoms with Gasteiger partial charge in [-0.15, -0.1) is 0 Å². The maximum atomic E-state index is 12.6. The molecule has 198 valence electrons. The lowest BCUT2D eigenvalue weighted by Gasteiger charge is -2.32. The van der Waals surface area contributed by atoms with Gasteiger partial charge in [0.05, 0.1) is 24.5 Å². The van der Waals surface area contributed by atoms with Crippen LogP contribution in [0.4, 0.5) is 0 Å². The molecule has 0 spiro atoms. The summed E-state index contributed by atoms with van der Waals surface area (Å²) in [5.74, 6) is -2.01. The molecule has 1 aromatic rings. The quantitative estimate of drug-likeness (QED) is 0.257. The summed E-state index contributed by atoms with van der Waals surface area (Å²) in [6.07, 6.45) is 10.0. The second-order valence-electron chi connectivity index (χ2n) is 10.4. The van der Waals surface area contributed by atoms with Gasteiger partial charge in [0, 0.05) is 11.8 Å². The van der Waals surface area contributed by atoms with Crippen molar-refractivity contribution in [1.29, 1.82) is 0 Å². The van der Waals surface area contributed by atoms with Gasteiger partial charge in [0.2, 0.25) is 0 Å². The molecular weight excluding hydrogens is 456 g/mol. The SMILES string of the molecule is C/C(=C\C=C\C(C)CCc1ccccc1)[C@H]1OC(=O)C[C@H](O)CC[C@@](C)(O)[C@@H](CC(=O)O)/C=C/[C@@H]1C. The summed E-state index contributed by atoms with van der Waals surface area (Å²) in [5.41, 5.74) is 0.838. The zero-order chi connectivity index (χ0) is 26.7. The molecule has 1 aromatic carbocycles. The van der Waals surface area contributed by atoms with Crippen LogP contribution in [0.25, 0.3) is 0 Å². The molecule has 0 aromatic heterocycles. The Labute approximate surface area is 215 Å². The molecule has 1 unspecified atom stereocenters. The number of hydrogen-bond acceptors (Lipinski definition) is 5. The van der Waals surface area contributed by atoms with Crippen molar-refractivity contribution in [3.05, 3.63) is 71.8 Å². The third-order valence-corrected chi connectivity index (χ3v) is 6.94. The lowest BCUT2D eigenvalue weighted by atomic mass is 9.80. The highest BCUT2D eigenvalue weighted by molar-refractivity contribution is 5.70. The Morgan fingerprint density at radius 1 is 1.25 bits per heavy atom. The minimum atomic E-state index is -1.32. The number of cyclic esters (lactones) is 1. The van der Waals surface area contributed by atoms with Gasteiger partial charge in [-0.05, 0) is 56.6 Å². The highest BCUT2D eigenvalue weighted by atomic mass is 16.5. The van der Waals surface area contributed by atoms with Crippen molar-refractivity contribution in [2.75, 3.05) is 0 Å². The summed E-state index contributed by atoms with van der Waals surface area (Å²) >= 11 is 0. The Kier molecular flexibility index (Phi) is 11.6. The van der Waals surface area contributed by atoms with Gasteiger partial charge in [0.25, 0.3) is 0 Å². The molecule has 0 radical (unpaired) electrons. The Hall–Kier alpha value is -2.70.